The molecule has 0 saturated heterocycles. The number of carbonyl (C=O) groups is 1. The second-order valence-electron chi connectivity index (χ2n) is 5.70. The molecule has 0 saturated carbocycles. The van der Waals surface area contributed by atoms with Gasteiger partial charge in [-0.05, 0) is 48.5 Å². The van der Waals surface area contributed by atoms with Crippen LogP contribution >= 0.6 is 23.4 Å². The summed E-state index contributed by atoms with van der Waals surface area (Å²) in [4.78, 5) is 27.7. The summed E-state index contributed by atoms with van der Waals surface area (Å²) in [5.41, 5.74) is 2.32. The summed E-state index contributed by atoms with van der Waals surface area (Å²) in [6.07, 6.45) is 3.20. The zero-order valence-corrected chi connectivity index (χ0v) is 16.0. The van der Waals surface area contributed by atoms with Crippen LogP contribution in [0.4, 0.5) is 5.69 Å². The molecule has 7 nitrogen and oxygen atoms in total. The number of fused-ring (bicyclic) bond motifs is 1. The van der Waals surface area contributed by atoms with Crippen molar-refractivity contribution in [3.8, 4) is 11.8 Å². The van der Waals surface area contributed by atoms with Gasteiger partial charge in [-0.15, -0.1) is 0 Å². The third-order valence-corrected chi connectivity index (χ3v) is 4.76. The van der Waals surface area contributed by atoms with Gasteiger partial charge >= 0.3 is 6.01 Å². The Labute approximate surface area is 169 Å². The fourth-order valence-electron chi connectivity index (χ4n) is 2.41. The van der Waals surface area contributed by atoms with E-state index >= 15 is 0 Å². The first-order valence-corrected chi connectivity index (χ1v) is 9.65. The van der Waals surface area contributed by atoms with E-state index in [1.807, 2.05) is 6.07 Å². The van der Waals surface area contributed by atoms with E-state index in [4.69, 9.17) is 16.3 Å². The van der Waals surface area contributed by atoms with Crippen molar-refractivity contribution < 1.29 is 9.53 Å². The molecule has 4 aromatic rings. The fraction of sp³-hybridized carbons (Fsp3) is 0.0526. The van der Waals surface area contributed by atoms with Crippen molar-refractivity contribution in [1.29, 1.82) is 0 Å². The van der Waals surface area contributed by atoms with E-state index in [2.05, 4.69) is 25.3 Å². The third-order valence-electron chi connectivity index (χ3n) is 3.65. The van der Waals surface area contributed by atoms with Gasteiger partial charge in [-0.1, -0.05) is 23.4 Å². The number of nitrogens with one attached hydrogen (secondary N) is 2. The number of ether oxygens (including phenoxy) is 1. The normalized spacial score (nSPS) is 10.8. The van der Waals surface area contributed by atoms with Gasteiger partial charge in [0.05, 0.1) is 16.8 Å². The number of imidazole rings is 1. The van der Waals surface area contributed by atoms with Crippen LogP contribution in [-0.2, 0) is 4.79 Å². The van der Waals surface area contributed by atoms with Crippen LogP contribution in [0, 0.1) is 0 Å². The second kappa shape index (κ2) is 8.28. The molecule has 0 unspecified atom stereocenters. The average molecular weight is 412 g/mol. The molecule has 28 heavy (non-hydrogen) atoms. The summed E-state index contributed by atoms with van der Waals surface area (Å²) >= 11 is 7.29. The lowest BCUT2D eigenvalue weighted by Crippen LogP contribution is -2.14. The maximum Gasteiger partial charge on any atom is 0.321 e. The van der Waals surface area contributed by atoms with Crippen molar-refractivity contribution in [3.63, 3.8) is 0 Å². The SMILES string of the molecule is O=C(CSc1nc2ccc(Cl)cc2[nH]1)Nc1ccc(Oc2ncccn2)cc1. The lowest BCUT2D eigenvalue weighted by molar-refractivity contribution is -0.113. The Morgan fingerprint density at radius 2 is 1.93 bits per heavy atom. The minimum Gasteiger partial charge on any atom is -0.424 e. The molecule has 4 rings (SSSR count). The number of hydrogen-bond donors (Lipinski definition) is 2. The molecule has 0 bridgehead atoms. The first-order valence-electron chi connectivity index (χ1n) is 8.28. The van der Waals surface area contributed by atoms with Gasteiger partial charge in [0, 0.05) is 23.1 Å². The van der Waals surface area contributed by atoms with Crippen molar-refractivity contribution >= 4 is 46.0 Å². The minimum atomic E-state index is -0.136. The van der Waals surface area contributed by atoms with E-state index in [0.717, 1.165) is 11.0 Å². The molecule has 0 aliphatic heterocycles. The van der Waals surface area contributed by atoms with Crippen molar-refractivity contribution in [2.75, 3.05) is 11.1 Å². The molecule has 0 aliphatic carbocycles. The first-order chi connectivity index (χ1) is 13.7. The van der Waals surface area contributed by atoms with Crippen LogP contribution in [0.5, 0.6) is 11.8 Å². The maximum atomic E-state index is 12.2. The molecule has 0 fully saturated rings. The number of thioether (sulfide) groups is 1. The predicted molar refractivity (Wildman–Crippen MR) is 109 cm³/mol. The molecule has 0 radical (unpaired) electrons. The summed E-state index contributed by atoms with van der Waals surface area (Å²) in [6, 6.07) is 14.4. The number of H-pyrrole nitrogens is 1. The summed E-state index contributed by atoms with van der Waals surface area (Å²) in [7, 11) is 0. The molecule has 2 N–H and O–H groups in total. The molecule has 2 aromatic heterocycles. The van der Waals surface area contributed by atoms with E-state index in [1.165, 1.54) is 11.8 Å². The topological polar surface area (TPSA) is 92.8 Å². The number of hydrogen-bond acceptors (Lipinski definition) is 6. The van der Waals surface area contributed by atoms with Crippen LogP contribution in [0.2, 0.25) is 5.02 Å². The average Bonchev–Trinajstić information content (AvgIpc) is 3.11. The Morgan fingerprint density at radius 3 is 2.71 bits per heavy atom. The highest BCUT2D eigenvalue weighted by Gasteiger charge is 2.08. The van der Waals surface area contributed by atoms with Crippen LogP contribution in [0.3, 0.4) is 0 Å². The van der Waals surface area contributed by atoms with Crippen molar-refractivity contribution in [2.45, 2.75) is 5.16 Å². The molecule has 140 valence electrons. The van der Waals surface area contributed by atoms with E-state index in [1.54, 1.807) is 54.9 Å². The van der Waals surface area contributed by atoms with E-state index in [-0.39, 0.29) is 17.7 Å². The molecule has 0 atom stereocenters. The monoisotopic (exact) mass is 411 g/mol. The number of anilines is 1. The summed E-state index contributed by atoms with van der Waals surface area (Å²) in [5, 5.41) is 4.14. The van der Waals surface area contributed by atoms with Gasteiger partial charge in [-0.3, -0.25) is 4.79 Å². The van der Waals surface area contributed by atoms with Crippen molar-refractivity contribution in [2.24, 2.45) is 0 Å². The van der Waals surface area contributed by atoms with E-state index in [9.17, 15) is 4.79 Å². The van der Waals surface area contributed by atoms with Crippen LogP contribution in [0.1, 0.15) is 0 Å². The highest BCUT2D eigenvalue weighted by Crippen LogP contribution is 2.23. The molecule has 2 heterocycles. The molecule has 1 amide bonds. The van der Waals surface area contributed by atoms with Gasteiger partial charge in [0.2, 0.25) is 5.91 Å². The third kappa shape index (κ3) is 4.59. The predicted octanol–water partition coefficient (Wildman–Crippen LogP) is 4.53. The highest BCUT2D eigenvalue weighted by atomic mass is 35.5. The largest absolute Gasteiger partial charge is 0.424 e. The number of aromatic nitrogens is 4. The number of amides is 1. The quantitative estimate of drug-likeness (QED) is 0.453. The van der Waals surface area contributed by atoms with E-state index in [0.29, 0.717) is 21.6 Å². The Morgan fingerprint density at radius 1 is 1.14 bits per heavy atom. The zero-order valence-electron chi connectivity index (χ0n) is 14.4. The Balaban J connectivity index is 1.31. The lowest BCUT2D eigenvalue weighted by Gasteiger charge is -2.06. The van der Waals surface area contributed by atoms with Crippen molar-refractivity contribution in [3.05, 3.63) is 65.9 Å². The maximum absolute atomic E-state index is 12.2. The number of benzene rings is 2. The Hall–Kier alpha value is -3.10. The standard InChI is InChI=1S/C19H14ClN5O2S/c20-12-2-7-15-16(10-12)25-19(24-15)28-11-17(26)23-13-3-5-14(6-4-13)27-18-21-8-1-9-22-18/h1-10H,11H2,(H,23,26)(H,24,25). The number of nitrogens with zero attached hydrogens (tertiary/aromatic N) is 3. The smallest absolute Gasteiger partial charge is 0.321 e. The number of halogens is 1. The first kappa shape index (κ1) is 18.3. The number of rotatable bonds is 6. The van der Waals surface area contributed by atoms with Crippen LogP contribution in [0.25, 0.3) is 11.0 Å². The lowest BCUT2D eigenvalue weighted by atomic mass is 10.3. The Bertz CT molecular complexity index is 1100. The van der Waals surface area contributed by atoms with Gasteiger partial charge in [0.15, 0.2) is 5.16 Å². The number of carbonyl (C=O) groups excluding carboxylic acids is 1. The van der Waals surface area contributed by atoms with Crippen LogP contribution in [-0.4, -0.2) is 31.6 Å². The minimum absolute atomic E-state index is 0.136. The molecule has 0 aliphatic rings. The summed E-state index contributed by atoms with van der Waals surface area (Å²) in [6.45, 7) is 0. The van der Waals surface area contributed by atoms with E-state index < -0.39 is 0 Å². The van der Waals surface area contributed by atoms with Gasteiger partial charge in [0.25, 0.3) is 0 Å². The molecular weight excluding hydrogens is 398 g/mol. The molecule has 2 aromatic carbocycles. The second-order valence-corrected chi connectivity index (χ2v) is 7.10. The van der Waals surface area contributed by atoms with Crippen LogP contribution < -0.4 is 10.1 Å². The van der Waals surface area contributed by atoms with Crippen LogP contribution in [0.15, 0.2) is 66.1 Å². The molecule has 9 heteroatoms. The zero-order chi connectivity index (χ0) is 19.3. The van der Waals surface area contributed by atoms with Crippen molar-refractivity contribution in [1.82, 2.24) is 19.9 Å². The molecular formula is C19H14ClN5O2S. The van der Waals surface area contributed by atoms with Gasteiger partial charge in [-0.25, -0.2) is 15.0 Å². The highest BCUT2D eigenvalue weighted by molar-refractivity contribution is 7.99. The van der Waals surface area contributed by atoms with Gasteiger partial charge in [-0.2, -0.15) is 0 Å². The molecule has 0 spiro atoms. The Kier molecular flexibility index (Phi) is 5.41. The number of aromatic amines is 1. The fourth-order valence-corrected chi connectivity index (χ4v) is 3.26. The van der Waals surface area contributed by atoms with Gasteiger partial charge < -0.3 is 15.0 Å². The summed E-state index contributed by atoms with van der Waals surface area (Å²) < 4.78 is 5.52. The summed E-state index contributed by atoms with van der Waals surface area (Å²) in [5.74, 6) is 0.673. The van der Waals surface area contributed by atoms with Gasteiger partial charge in [0.1, 0.15) is 5.75 Å².